The maximum Gasteiger partial charge on any atom is 0.238 e. The molecule has 13 rings (SSSR count). The van der Waals surface area contributed by atoms with Gasteiger partial charge < -0.3 is 8.98 Å². The molecule has 4 aromatic heterocycles. The molecule has 13 aromatic rings. The van der Waals surface area contributed by atoms with Gasteiger partial charge in [-0.3, -0.25) is 4.57 Å². The molecule has 0 saturated heterocycles. The topological polar surface area (TPSA) is 61.7 Å². The number of nitrogens with zero attached hydrogens (tertiary/aromatic N) is 5. The molecule has 0 unspecified atom stereocenters. The highest BCUT2D eigenvalue weighted by Crippen LogP contribution is 2.44. The third kappa shape index (κ3) is 5.55. The minimum Gasteiger partial charge on any atom is -0.456 e. The van der Waals surface area contributed by atoms with Gasteiger partial charge in [-0.25, -0.2) is 4.98 Å². The number of para-hydroxylation sites is 3. The van der Waals surface area contributed by atoms with Crippen LogP contribution in [-0.2, 0) is 0 Å². The molecule has 0 fully saturated rings. The van der Waals surface area contributed by atoms with E-state index in [4.69, 9.17) is 19.4 Å². The molecule has 63 heavy (non-hydrogen) atoms. The second kappa shape index (κ2) is 14.0. The van der Waals surface area contributed by atoms with Gasteiger partial charge in [0.15, 0.2) is 11.6 Å². The molecule has 0 saturated carbocycles. The Morgan fingerprint density at radius 1 is 0.317 bits per heavy atom. The summed E-state index contributed by atoms with van der Waals surface area (Å²) in [4.78, 5) is 15.9. The second-order valence-corrected chi connectivity index (χ2v) is 16.0. The van der Waals surface area contributed by atoms with E-state index in [1.54, 1.807) is 0 Å². The van der Waals surface area contributed by atoms with Crippen molar-refractivity contribution in [1.82, 2.24) is 24.1 Å². The summed E-state index contributed by atoms with van der Waals surface area (Å²) in [7, 11) is 0. The molecule has 0 N–H and O–H groups in total. The molecule has 0 aliphatic carbocycles. The maximum absolute atomic E-state index is 6.38. The first-order valence-electron chi connectivity index (χ1n) is 21.2. The smallest absolute Gasteiger partial charge is 0.238 e. The van der Waals surface area contributed by atoms with Crippen LogP contribution in [0.2, 0.25) is 0 Å². The van der Waals surface area contributed by atoms with E-state index >= 15 is 0 Å². The highest BCUT2D eigenvalue weighted by atomic mass is 16.3. The van der Waals surface area contributed by atoms with Crippen LogP contribution in [0.25, 0.3) is 122 Å². The van der Waals surface area contributed by atoms with Gasteiger partial charge >= 0.3 is 0 Å². The number of hydrogen-bond donors (Lipinski definition) is 0. The number of fused-ring (bicyclic) bond motifs is 10. The molecule has 0 amide bonds. The summed E-state index contributed by atoms with van der Waals surface area (Å²) in [6.45, 7) is 0. The minimum absolute atomic E-state index is 0.528. The molecule has 294 valence electrons. The lowest BCUT2D eigenvalue weighted by Gasteiger charge is -2.17. The Kier molecular flexibility index (Phi) is 7.80. The van der Waals surface area contributed by atoms with Crippen LogP contribution in [0.4, 0.5) is 0 Å². The van der Waals surface area contributed by atoms with Gasteiger partial charge in [0.05, 0.1) is 27.8 Å². The van der Waals surface area contributed by atoms with Crippen molar-refractivity contribution in [2.45, 2.75) is 0 Å². The van der Waals surface area contributed by atoms with Crippen molar-refractivity contribution < 1.29 is 4.42 Å². The van der Waals surface area contributed by atoms with E-state index in [0.717, 1.165) is 105 Å². The van der Waals surface area contributed by atoms with Crippen molar-refractivity contribution in [3.63, 3.8) is 0 Å². The number of hydrogen-bond acceptors (Lipinski definition) is 4. The molecule has 9 aromatic carbocycles. The summed E-state index contributed by atoms with van der Waals surface area (Å²) in [5.41, 5.74) is 13.2. The zero-order chi connectivity index (χ0) is 41.4. The van der Waals surface area contributed by atoms with Crippen LogP contribution in [0.15, 0.2) is 217 Å². The Morgan fingerprint density at radius 3 is 1.52 bits per heavy atom. The molecule has 0 aliphatic heterocycles. The van der Waals surface area contributed by atoms with E-state index < -0.39 is 0 Å². The van der Waals surface area contributed by atoms with Gasteiger partial charge in [-0.05, 0) is 53.1 Å². The normalized spacial score (nSPS) is 11.8. The molecule has 0 spiro atoms. The first kappa shape index (κ1) is 35.2. The van der Waals surface area contributed by atoms with Gasteiger partial charge in [-0.15, -0.1) is 0 Å². The Bertz CT molecular complexity index is 3900. The van der Waals surface area contributed by atoms with Crippen LogP contribution < -0.4 is 0 Å². The largest absolute Gasteiger partial charge is 0.456 e. The molecule has 6 heteroatoms. The van der Waals surface area contributed by atoms with E-state index in [9.17, 15) is 0 Å². The molecule has 0 radical (unpaired) electrons. The summed E-state index contributed by atoms with van der Waals surface area (Å²) >= 11 is 0. The van der Waals surface area contributed by atoms with E-state index in [1.807, 2.05) is 36.4 Å². The lowest BCUT2D eigenvalue weighted by molar-refractivity contribution is 0.669. The van der Waals surface area contributed by atoms with Crippen molar-refractivity contribution >= 4 is 65.6 Å². The summed E-state index contributed by atoms with van der Waals surface area (Å²) in [6.07, 6.45) is 0. The quantitative estimate of drug-likeness (QED) is 0.168. The molecule has 4 heterocycles. The maximum atomic E-state index is 6.38. The van der Waals surface area contributed by atoms with E-state index in [1.165, 1.54) is 0 Å². The Balaban J connectivity index is 1.16. The zero-order valence-corrected chi connectivity index (χ0v) is 33.9. The monoisotopic (exact) mass is 805 g/mol. The van der Waals surface area contributed by atoms with Crippen LogP contribution >= 0.6 is 0 Å². The lowest BCUT2D eigenvalue weighted by atomic mass is 9.98. The van der Waals surface area contributed by atoms with Crippen LogP contribution in [0.5, 0.6) is 0 Å². The van der Waals surface area contributed by atoms with Gasteiger partial charge in [0, 0.05) is 49.0 Å². The SMILES string of the molecule is c1ccc(-c2ccc(-c3ccccc3)c(-n3c4ccccc4c4ccc5c6ccccc6n(-c6nc(-c7ccccc7)nc(-c7ccc8c(c7)oc7ccccc78)n6)c5c43)c2)cc1. The fourth-order valence-electron chi connectivity index (χ4n) is 9.52. The summed E-state index contributed by atoms with van der Waals surface area (Å²) < 4.78 is 11.1. The second-order valence-electron chi connectivity index (χ2n) is 16.0. The standard InChI is InChI=1S/C57H35N5O/c1-4-16-36(17-5-1)39-28-30-41(37-18-6-2-7-19-37)50(34-39)61-48-25-13-10-22-42(48)46-32-33-47-43-23-11-14-26-49(43)62(54(47)53(46)61)57-59-55(38-20-8-3-9-21-38)58-56(60-57)40-29-31-45-44-24-12-15-27-51(44)63-52(45)35-40/h1-35H. The third-order valence-corrected chi connectivity index (χ3v) is 12.4. The number of furan rings is 1. The van der Waals surface area contributed by atoms with Crippen LogP contribution in [-0.4, -0.2) is 24.1 Å². The number of benzene rings is 9. The summed E-state index contributed by atoms with van der Waals surface area (Å²) in [5.74, 6) is 1.67. The van der Waals surface area contributed by atoms with Crippen LogP contribution in [0, 0.1) is 0 Å². The molecule has 0 bridgehead atoms. The highest BCUT2D eigenvalue weighted by molar-refractivity contribution is 6.24. The van der Waals surface area contributed by atoms with Gasteiger partial charge in [0.2, 0.25) is 5.95 Å². The Hall–Kier alpha value is -8.61. The van der Waals surface area contributed by atoms with Crippen molar-refractivity contribution in [2.24, 2.45) is 0 Å². The number of aromatic nitrogens is 5. The molecular weight excluding hydrogens is 771 g/mol. The van der Waals surface area contributed by atoms with Crippen LogP contribution in [0.1, 0.15) is 0 Å². The molecular formula is C57H35N5O. The summed E-state index contributed by atoms with van der Waals surface area (Å²) in [6, 6.07) is 74.6. The average molecular weight is 806 g/mol. The molecule has 0 atom stereocenters. The van der Waals surface area contributed by atoms with Gasteiger partial charge in [-0.2, -0.15) is 9.97 Å². The van der Waals surface area contributed by atoms with Crippen LogP contribution in [0.3, 0.4) is 0 Å². The van der Waals surface area contributed by atoms with Crippen molar-refractivity contribution in [3.05, 3.63) is 212 Å². The Labute approximate surface area is 361 Å². The average Bonchev–Trinajstić information content (AvgIpc) is 4.02. The Morgan fingerprint density at radius 2 is 0.825 bits per heavy atom. The predicted molar refractivity (Wildman–Crippen MR) is 258 cm³/mol. The fraction of sp³-hybridized carbons (Fsp3) is 0. The van der Waals surface area contributed by atoms with Crippen molar-refractivity contribution in [3.8, 4) is 56.7 Å². The van der Waals surface area contributed by atoms with E-state index in [-0.39, 0.29) is 0 Å². The summed E-state index contributed by atoms with van der Waals surface area (Å²) in [5, 5.41) is 6.65. The highest BCUT2D eigenvalue weighted by Gasteiger charge is 2.25. The third-order valence-electron chi connectivity index (χ3n) is 12.4. The minimum atomic E-state index is 0.528. The van der Waals surface area contributed by atoms with E-state index in [0.29, 0.717) is 17.6 Å². The predicted octanol–water partition coefficient (Wildman–Crippen LogP) is 14.6. The first-order chi connectivity index (χ1) is 31.2. The van der Waals surface area contributed by atoms with Crippen molar-refractivity contribution in [1.29, 1.82) is 0 Å². The molecule has 0 aliphatic rings. The van der Waals surface area contributed by atoms with Crippen molar-refractivity contribution in [2.75, 3.05) is 0 Å². The van der Waals surface area contributed by atoms with Gasteiger partial charge in [-0.1, -0.05) is 176 Å². The lowest BCUT2D eigenvalue weighted by Crippen LogP contribution is -2.07. The van der Waals surface area contributed by atoms with E-state index in [2.05, 4.69) is 185 Å². The van der Waals surface area contributed by atoms with Gasteiger partial charge in [0.25, 0.3) is 0 Å². The van der Waals surface area contributed by atoms with Gasteiger partial charge in [0.1, 0.15) is 11.2 Å². The zero-order valence-electron chi connectivity index (χ0n) is 33.9. The first-order valence-corrected chi connectivity index (χ1v) is 21.2. The fourth-order valence-corrected chi connectivity index (χ4v) is 9.52. The number of rotatable bonds is 6. The molecule has 6 nitrogen and oxygen atoms in total.